The lowest BCUT2D eigenvalue weighted by Gasteiger charge is -2.15. The van der Waals surface area contributed by atoms with Crippen LogP contribution in [0.5, 0.6) is 11.5 Å². The van der Waals surface area contributed by atoms with Gasteiger partial charge in [0.15, 0.2) is 0 Å². The van der Waals surface area contributed by atoms with Crippen LogP contribution in [-0.2, 0) is 22.4 Å². The minimum atomic E-state index is -1.00. The van der Waals surface area contributed by atoms with Gasteiger partial charge >= 0.3 is 5.97 Å². The number of methoxy groups -OCH3 is 1. The summed E-state index contributed by atoms with van der Waals surface area (Å²) in [7, 11) is 1.44. The molecule has 2 aromatic carbocycles. The lowest BCUT2D eigenvalue weighted by molar-refractivity contribution is -0.141. The Bertz CT molecular complexity index is 807. The Labute approximate surface area is 163 Å². The van der Waals surface area contributed by atoms with Gasteiger partial charge in [0.1, 0.15) is 17.3 Å². The number of amides is 1. The number of rotatable bonds is 10. The van der Waals surface area contributed by atoms with Crippen LogP contribution in [0.3, 0.4) is 0 Å². The molecule has 0 radical (unpaired) electrons. The van der Waals surface area contributed by atoms with Crippen molar-refractivity contribution in [1.29, 1.82) is 0 Å². The number of hydrogen-bond acceptors (Lipinski definition) is 4. The molecule has 150 valence electrons. The Morgan fingerprint density at radius 2 is 1.89 bits per heavy atom. The lowest BCUT2D eigenvalue weighted by Crippen LogP contribution is -2.35. The molecule has 2 aromatic rings. The molecule has 0 saturated carbocycles. The Hall–Kier alpha value is -3.09. The molecular weight excluding hydrogens is 365 g/mol. The van der Waals surface area contributed by atoms with Gasteiger partial charge in [-0.15, -0.1) is 0 Å². The second-order valence-corrected chi connectivity index (χ2v) is 6.25. The summed E-state index contributed by atoms with van der Waals surface area (Å²) in [6.45, 7) is 2.41. The van der Waals surface area contributed by atoms with E-state index in [1.807, 2.05) is 6.92 Å². The number of carbonyl (C=O) groups is 2. The first-order chi connectivity index (χ1) is 13.4. The van der Waals surface area contributed by atoms with Crippen LogP contribution in [0.1, 0.15) is 18.1 Å². The third kappa shape index (κ3) is 6.26. The van der Waals surface area contributed by atoms with E-state index in [1.54, 1.807) is 24.3 Å². The van der Waals surface area contributed by atoms with Crippen LogP contribution < -0.4 is 14.8 Å². The first-order valence-corrected chi connectivity index (χ1v) is 8.96. The summed E-state index contributed by atoms with van der Waals surface area (Å²) in [5.74, 6) is -1.53. The highest BCUT2D eigenvalue weighted by Gasteiger charge is 2.20. The van der Waals surface area contributed by atoms with Crippen molar-refractivity contribution in [1.82, 2.24) is 5.32 Å². The van der Waals surface area contributed by atoms with Crippen molar-refractivity contribution in [2.75, 3.05) is 20.3 Å². The first kappa shape index (κ1) is 21.2. The summed E-state index contributed by atoms with van der Waals surface area (Å²) >= 11 is 0. The minimum Gasteiger partial charge on any atom is -0.496 e. The summed E-state index contributed by atoms with van der Waals surface area (Å²) in [5.41, 5.74) is 1.23. The van der Waals surface area contributed by atoms with Crippen LogP contribution in [0.15, 0.2) is 42.5 Å². The topological polar surface area (TPSA) is 84.9 Å². The van der Waals surface area contributed by atoms with Gasteiger partial charge in [0.25, 0.3) is 0 Å². The van der Waals surface area contributed by atoms with Crippen molar-refractivity contribution in [2.24, 2.45) is 5.92 Å². The second kappa shape index (κ2) is 10.3. The number of nitrogens with one attached hydrogen (secondary N) is 1. The first-order valence-electron chi connectivity index (χ1n) is 8.96. The van der Waals surface area contributed by atoms with E-state index in [0.29, 0.717) is 17.9 Å². The average molecular weight is 389 g/mol. The Balaban J connectivity index is 1.94. The molecule has 0 aliphatic heterocycles. The molecule has 0 aliphatic carbocycles. The predicted molar refractivity (Wildman–Crippen MR) is 102 cm³/mol. The number of benzene rings is 2. The largest absolute Gasteiger partial charge is 0.496 e. The number of carboxylic acids is 1. The van der Waals surface area contributed by atoms with Gasteiger partial charge in [-0.2, -0.15) is 0 Å². The fraction of sp³-hybridized carbons (Fsp3) is 0.333. The van der Waals surface area contributed by atoms with E-state index < -0.39 is 23.6 Å². The lowest BCUT2D eigenvalue weighted by atomic mass is 9.99. The molecule has 7 heteroatoms. The van der Waals surface area contributed by atoms with Crippen molar-refractivity contribution in [3.8, 4) is 11.5 Å². The standard InChI is InChI=1S/C21H24FNO5/c1-3-28-18-7-4-14(5-8-18)10-16(21(25)26)13-23-20(24)12-15-11-17(22)6-9-19(15)27-2/h4-9,11,16H,3,10,12-13H2,1-2H3,(H,23,24)(H,25,26). The van der Waals surface area contributed by atoms with Crippen LogP contribution >= 0.6 is 0 Å². The normalized spacial score (nSPS) is 11.5. The van der Waals surface area contributed by atoms with Crippen molar-refractivity contribution < 1.29 is 28.6 Å². The number of carboxylic acid groups (broad SMARTS) is 1. The smallest absolute Gasteiger partial charge is 0.308 e. The van der Waals surface area contributed by atoms with E-state index in [2.05, 4.69) is 5.32 Å². The Morgan fingerprint density at radius 3 is 2.50 bits per heavy atom. The van der Waals surface area contributed by atoms with E-state index in [1.165, 1.54) is 25.3 Å². The number of ether oxygens (including phenoxy) is 2. The highest BCUT2D eigenvalue weighted by atomic mass is 19.1. The van der Waals surface area contributed by atoms with Gasteiger partial charge in [-0.3, -0.25) is 9.59 Å². The predicted octanol–water partition coefficient (Wildman–Crippen LogP) is 2.84. The van der Waals surface area contributed by atoms with Gasteiger partial charge in [0, 0.05) is 12.1 Å². The average Bonchev–Trinajstić information content (AvgIpc) is 2.66. The van der Waals surface area contributed by atoms with Gasteiger partial charge in [-0.1, -0.05) is 12.1 Å². The molecule has 0 bridgehead atoms. The molecule has 2 N–H and O–H groups in total. The summed E-state index contributed by atoms with van der Waals surface area (Å²) in [5, 5.41) is 12.1. The van der Waals surface area contributed by atoms with Crippen LogP contribution in [0, 0.1) is 11.7 Å². The summed E-state index contributed by atoms with van der Waals surface area (Å²) < 4.78 is 23.9. The van der Waals surface area contributed by atoms with E-state index in [0.717, 1.165) is 11.3 Å². The van der Waals surface area contributed by atoms with E-state index in [4.69, 9.17) is 9.47 Å². The monoisotopic (exact) mass is 389 g/mol. The third-order valence-corrected chi connectivity index (χ3v) is 4.20. The molecule has 1 atom stereocenters. The maximum Gasteiger partial charge on any atom is 0.308 e. The Morgan fingerprint density at radius 1 is 1.18 bits per heavy atom. The van der Waals surface area contributed by atoms with Crippen molar-refractivity contribution in [3.63, 3.8) is 0 Å². The zero-order chi connectivity index (χ0) is 20.5. The van der Waals surface area contributed by atoms with Gasteiger partial charge < -0.3 is 19.9 Å². The summed E-state index contributed by atoms with van der Waals surface area (Å²) in [4.78, 5) is 23.7. The molecule has 0 spiro atoms. The molecule has 0 aromatic heterocycles. The number of aliphatic carboxylic acids is 1. The van der Waals surface area contributed by atoms with Crippen molar-refractivity contribution in [3.05, 3.63) is 59.4 Å². The van der Waals surface area contributed by atoms with Crippen LogP contribution in [-0.4, -0.2) is 37.2 Å². The quantitative estimate of drug-likeness (QED) is 0.653. The third-order valence-electron chi connectivity index (χ3n) is 4.20. The second-order valence-electron chi connectivity index (χ2n) is 6.25. The summed E-state index contributed by atoms with van der Waals surface area (Å²) in [6, 6.07) is 11.1. The van der Waals surface area contributed by atoms with Gasteiger partial charge in [-0.05, 0) is 49.2 Å². The van der Waals surface area contributed by atoms with Crippen LogP contribution in [0.4, 0.5) is 4.39 Å². The van der Waals surface area contributed by atoms with Crippen molar-refractivity contribution in [2.45, 2.75) is 19.8 Å². The fourth-order valence-corrected chi connectivity index (χ4v) is 2.78. The summed E-state index contributed by atoms with van der Waals surface area (Å²) in [6.07, 6.45) is 0.168. The molecule has 6 nitrogen and oxygen atoms in total. The molecule has 0 heterocycles. The van der Waals surface area contributed by atoms with Gasteiger partial charge in [0.05, 0.1) is 26.1 Å². The molecule has 0 saturated heterocycles. The van der Waals surface area contributed by atoms with Crippen molar-refractivity contribution >= 4 is 11.9 Å². The Kier molecular flexibility index (Phi) is 7.80. The van der Waals surface area contributed by atoms with Crippen LogP contribution in [0.25, 0.3) is 0 Å². The molecule has 0 fully saturated rings. The molecule has 1 amide bonds. The minimum absolute atomic E-state index is 0.0288. The number of halogens is 1. The zero-order valence-corrected chi connectivity index (χ0v) is 15.9. The molecule has 1 unspecified atom stereocenters. The van der Waals surface area contributed by atoms with E-state index in [9.17, 15) is 19.1 Å². The van der Waals surface area contributed by atoms with E-state index in [-0.39, 0.29) is 19.4 Å². The molecule has 28 heavy (non-hydrogen) atoms. The number of hydrogen-bond donors (Lipinski definition) is 2. The molecule has 2 rings (SSSR count). The van der Waals surface area contributed by atoms with Crippen LogP contribution in [0.2, 0.25) is 0 Å². The highest BCUT2D eigenvalue weighted by molar-refractivity contribution is 5.80. The van der Waals surface area contributed by atoms with E-state index >= 15 is 0 Å². The fourth-order valence-electron chi connectivity index (χ4n) is 2.78. The highest BCUT2D eigenvalue weighted by Crippen LogP contribution is 2.20. The SMILES string of the molecule is CCOc1ccc(CC(CNC(=O)Cc2cc(F)ccc2OC)C(=O)O)cc1. The molecular formula is C21H24FNO5. The maximum atomic E-state index is 13.4. The molecule has 0 aliphatic rings. The maximum absolute atomic E-state index is 13.4. The number of carbonyl (C=O) groups excluding carboxylic acids is 1. The van der Waals surface area contributed by atoms with Gasteiger partial charge in [0.2, 0.25) is 5.91 Å². The zero-order valence-electron chi connectivity index (χ0n) is 15.9. The van der Waals surface area contributed by atoms with Gasteiger partial charge in [-0.25, -0.2) is 4.39 Å².